The van der Waals surface area contributed by atoms with Crippen molar-refractivity contribution in [2.75, 3.05) is 0 Å². The number of Topliss-reactive ketones (excluding diaryl/α,β-unsaturated/α-hetero) is 2. The van der Waals surface area contributed by atoms with Gasteiger partial charge in [0.2, 0.25) is 5.78 Å². The first-order valence-corrected chi connectivity index (χ1v) is 2.74. The lowest BCUT2D eigenvalue weighted by molar-refractivity contribution is -0.140. The molecule has 0 heterocycles. The van der Waals surface area contributed by atoms with E-state index in [9.17, 15) is 14.4 Å². The van der Waals surface area contributed by atoms with Crippen LogP contribution in [0.3, 0.4) is 0 Å². The van der Waals surface area contributed by atoms with Crippen molar-refractivity contribution in [2.45, 2.75) is 19.8 Å². The molecule has 0 aromatic carbocycles. The van der Waals surface area contributed by atoms with Gasteiger partial charge in [0, 0.05) is 6.42 Å². The van der Waals surface area contributed by atoms with Crippen molar-refractivity contribution >= 4 is 17.9 Å². The third-order valence-electron chi connectivity index (χ3n) is 0.859. The van der Waals surface area contributed by atoms with E-state index in [0.29, 0.717) is 6.42 Å². The molecule has 0 aromatic heterocycles. The average molecular weight is 128 g/mol. The van der Waals surface area contributed by atoms with Crippen molar-refractivity contribution in [3.05, 3.63) is 0 Å². The van der Waals surface area contributed by atoms with Crippen molar-refractivity contribution in [3.8, 4) is 0 Å². The lowest BCUT2D eigenvalue weighted by Crippen LogP contribution is -2.13. The normalized spacial score (nSPS) is 8.56. The van der Waals surface area contributed by atoms with Crippen molar-refractivity contribution in [2.24, 2.45) is 0 Å². The second-order valence-electron chi connectivity index (χ2n) is 1.66. The minimum atomic E-state index is -0.920. The highest BCUT2D eigenvalue weighted by Crippen LogP contribution is 1.87. The van der Waals surface area contributed by atoms with Crippen molar-refractivity contribution < 1.29 is 14.4 Å². The van der Waals surface area contributed by atoms with Gasteiger partial charge in [-0.2, -0.15) is 0 Å². The van der Waals surface area contributed by atoms with E-state index in [2.05, 4.69) is 0 Å². The monoisotopic (exact) mass is 128 g/mol. The van der Waals surface area contributed by atoms with E-state index >= 15 is 0 Å². The SMILES string of the molecule is CCCC(=O)C(=O)C=O. The maximum Gasteiger partial charge on any atom is 0.260 e. The van der Waals surface area contributed by atoms with Gasteiger partial charge < -0.3 is 0 Å². The van der Waals surface area contributed by atoms with Crippen LogP contribution in [-0.2, 0) is 14.4 Å². The Morgan fingerprint density at radius 1 is 1.44 bits per heavy atom. The Kier molecular flexibility index (Phi) is 3.51. The lowest BCUT2D eigenvalue weighted by atomic mass is 10.2. The number of ketones is 2. The highest BCUT2D eigenvalue weighted by Gasteiger charge is 2.09. The van der Waals surface area contributed by atoms with E-state index in [1.807, 2.05) is 0 Å². The molecule has 0 bridgehead atoms. The molecule has 0 aromatic rings. The number of aldehydes is 1. The molecule has 0 aliphatic carbocycles. The van der Waals surface area contributed by atoms with E-state index in [0.717, 1.165) is 0 Å². The molecule has 0 aliphatic heterocycles. The Morgan fingerprint density at radius 3 is 2.33 bits per heavy atom. The average Bonchev–Trinajstić information content (AvgIpc) is 1.87. The Hall–Kier alpha value is -0.990. The van der Waals surface area contributed by atoms with Gasteiger partial charge in [0.05, 0.1) is 0 Å². The Labute approximate surface area is 53.0 Å². The highest BCUT2D eigenvalue weighted by atomic mass is 16.2. The summed E-state index contributed by atoms with van der Waals surface area (Å²) in [5.41, 5.74) is 0. The van der Waals surface area contributed by atoms with E-state index in [1.54, 1.807) is 6.92 Å². The van der Waals surface area contributed by atoms with Crippen LogP contribution in [0.1, 0.15) is 19.8 Å². The lowest BCUT2D eigenvalue weighted by Gasteiger charge is -1.86. The number of carbonyl (C=O) groups excluding carboxylic acids is 3. The Morgan fingerprint density at radius 2 is 2.00 bits per heavy atom. The molecule has 0 rings (SSSR count). The molecule has 9 heavy (non-hydrogen) atoms. The molecule has 0 spiro atoms. The number of hydrogen-bond acceptors (Lipinski definition) is 3. The number of rotatable bonds is 4. The molecule has 50 valence electrons. The molecule has 0 N–H and O–H groups in total. The summed E-state index contributed by atoms with van der Waals surface area (Å²) in [4.78, 5) is 30.2. The standard InChI is InChI=1S/C6H8O3/c1-2-3-5(8)6(9)4-7/h4H,2-3H2,1H3. The van der Waals surface area contributed by atoms with Crippen LogP contribution in [0.4, 0.5) is 0 Å². The fourth-order valence-corrected chi connectivity index (χ4v) is 0.416. The molecule has 0 saturated carbocycles. The number of hydrogen-bond donors (Lipinski definition) is 0. The summed E-state index contributed by atoms with van der Waals surface area (Å²) < 4.78 is 0. The first kappa shape index (κ1) is 8.01. The summed E-state index contributed by atoms with van der Waals surface area (Å²) >= 11 is 0. The van der Waals surface area contributed by atoms with E-state index < -0.39 is 11.6 Å². The van der Waals surface area contributed by atoms with Gasteiger partial charge in [-0.25, -0.2) is 0 Å². The van der Waals surface area contributed by atoms with Crippen LogP contribution in [0.25, 0.3) is 0 Å². The summed E-state index contributed by atoms with van der Waals surface area (Å²) in [6.07, 6.45) is 0.841. The zero-order chi connectivity index (χ0) is 7.28. The van der Waals surface area contributed by atoms with Crippen molar-refractivity contribution in [3.63, 3.8) is 0 Å². The molecule has 0 unspecified atom stereocenters. The minimum Gasteiger partial charge on any atom is -0.294 e. The van der Waals surface area contributed by atoms with Gasteiger partial charge in [0.25, 0.3) is 5.78 Å². The molecule has 3 nitrogen and oxygen atoms in total. The van der Waals surface area contributed by atoms with Gasteiger partial charge in [0.15, 0.2) is 6.29 Å². The summed E-state index contributed by atoms with van der Waals surface area (Å²) in [6.45, 7) is 1.77. The van der Waals surface area contributed by atoms with E-state index in [-0.39, 0.29) is 12.7 Å². The van der Waals surface area contributed by atoms with Crippen LogP contribution >= 0.6 is 0 Å². The van der Waals surface area contributed by atoms with Gasteiger partial charge in [-0.15, -0.1) is 0 Å². The Balaban J connectivity index is 3.73. The van der Waals surface area contributed by atoms with Crippen LogP contribution in [0.5, 0.6) is 0 Å². The molecule has 0 amide bonds. The second-order valence-corrected chi connectivity index (χ2v) is 1.66. The van der Waals surface area contributed by atoms with E-state index in [1.165, 1.54) is 0 Å². The smallest absolute Gasteiger partial charge is 0.260 e. The maximum absolute atomic E-state index is 10.4. The van der Waals surface area contributed by atoms with Crippen LogP contribution < -0.4 is 0 Å². The molecule has 3 heteroatoms. The number of carbonyl (C=O) groups is 3. The third-order valence-corrected chi connectivity index (χ3v) is 0.859. The molecular formula is C6H8O3. The molecule has 0 saturated heterocycles. The van der Waals surface area contributed by atoms with Gasteiger partial charge in [-0.3, -0.25) is 14.4 Å². The maximum atomic E-state index is 10.4. The third kappa shape index (κ3) is 2.74. The highest BCUT2D eigenvalue weighted by molar-refractivity contribution is 6.57. The second kappa shape index (κ2) is 3.95. The molecular weight excluding hydrogens is 120 g/mol. The topological polar surface area (TPSA) is 51.2 Å². The first-order valence-electron chi connectivity index (χ1n) is 2.74. The zero-order valence-electron chi connectivity index (χ0n) is 5.22. The fourth-order valence-electron chi connectivity index (χ4n) is 0.416. The molecule has 0 aliphatic rings. The van der Waals surface area contributed by atoms with E-state index in [4.69, 9.17) is 0 Å². The summed E-state index contributed by atoms with van der Waals surface area (Å²) in [6, 6.07) is 0. The molecule has 0 radical (unpaired) electrons. The van der Waals surface area contributed by atoms with Crippen LogP contribution in [0.2, 0.25) is 0 Å². The quantitative estimate of drug-likeness (QED) is 0.307. The van der Waals surface area contributed by atoms with Gasteiger partial charge in [-0.05, 0) is 6.42 Å². The fraction of sp³-hybridized carbons (Fsp3) is 0.500. The van der Waals surface area contributed by atoms with Gasteiger partial charge in [0.1, 0.15) is 0 Å². The van der Waals surface area contributed by atoms with Gasteiger partial charge in [-0.1, -0.05) is 6.92 Å². The zero-order valence-corrected chi connectivity index (χ0v) is 5.22. The minimum absolute atomic E-state index is 0.0536. The van der Waals surface area contributed by atoms with Crippen LogP contribution in [0, 0.1) is 0 Å². The summed E-state index contributed by atoms with van der Waals surface area (Å²) in [5, 5.41) is 0. The first-order chi connectivity index (χ1) is 4.22. The predicted octanol–water partition coefficient (Wildman–Crippen LogP) is 0.124. The van der Waals surface area contributed by atoms with Crippen LogP contribution in [0.15, 0.2) is 0 Å². The Bertz CT molecular complexity index is 137. The summed E-state index contributed by atoms with van der Waals surface area (Å²) in [7, 11) is 0. The van der Waals surface area contributed by atoms with Gasteiger partial charge >= 0.3 is 0 Å². The molecule has 0 atom stereocenters. The summed E-state index contributed by atoms with van der Waals surface area (Å²) in [5.74, 6) is -1.51. The molecule has 0 fully saturated rings. The van der Waals surface area contributed by atoms with Crippen LogP contribution in [-0.4, -0.2) is 17.9 Å². The van der Waals surface area contributed by atoms with Crippen molar-refractivity contribution in [1.29, 1.82) is 0 Å². The van der Waals surface area contributed by atoms with Crippen molar-refractivity contribution in [1.82, 2.24) is 0 Å². The predicted molar refractivity (Wildman–Crippen MR) is 31.0 cm³/mol. The largest absolute Gasteiger partial charge is 0.294 e.